The SMILES string of the molecule is CC(O)C(N)C(=O)NC(CC(=O)O)C(=O)NC(Cc1ccc(O)cc1)C(=O)NC(CC(N)=O)C(=O)O. The van der Waals surface area contributed by atoms with Crippen molar-refractivity contribution < 1.29 is 49.2 Å². The van der Waals surface area contributed by atoms with Crippen LogP contribution in [0.4, 0.5) is 0 Å². The van der Waals surface area contributed by atoms with Gasteiger partial charge in [-0.2, -0.15) is 0 Å². The van der Waals surface area contributed by atoms with Crippen LogP contribution in [0.1, 0.15) is 25.3 Å². The average Bonchev–Trinajstić information content (AvgIpc) is 2.77. The Bertz CT molecular complexity index is 982. The molecular formula is C21H29N5O10. The van der Waals surface area contributed by atoms with Gasteiger partial charge >= 0.3 is 11.9 Å². The number of aliphatic hydroxyl groups is 1. The van der Waals surface area contributed by atoms with Crippen molar-refractivity contribution in [2.45, 2.75) is 56.5 Å². The lowest BCUT2D eigenvalue weighted by molar-refractivity contribution is -0.144. The molecule has 0 heterocycles. The summed E-state index contributed by atoms with van der Waals surface area (Å²) in [6.07, 6.45) is -3.21. The monoisotopic (exact) mass is 511 g/mol. The fraction of sp³-hybridized carbons (Fsp3) is 0.429. The minimum atomic E-state index is -1.72. The van der Waals surface area contributed by atoms with E-state index in [4.69, 9.17) is 16.6 Å². The molecule has 0 aliphatic carbocycles. The van der Waals surface area contributed by atoms with Gasteiger partial charge in [0, 0.05) is 6.42 Å². The second-order valence-electron chi connectivity index (χ2n) is 7.93. The Hall–Kier alpha value is -4.24. The molecule has 0 aliphatic rings. The second kappa shape index (κ2) is 13.6. The van der Waals surface area contributed by atoms with Gasteiger partial charge in [0.25, 0.3) is 0 Å². The second-order valence-corrected chi connectivity index (χ2v) is 7.93. The Labute approximate surface area is 204 Å². The van der Waals surface area contributed by atoms with E-state index in [1.54, 1.807) is 0 Å². The van der Waals surface area contributed by atoms with E-state index >= 15 is 0 Å². The number of rotatable bonds is 14. The molecule has 15 heteroatoms. The largest absolute Gasteiger partial charge is 0.508 e. The number of amides is 4. The van der Waals surface area contributed by atoms with Gasteiger partial charge in [-0.25, -0.2) is 4.79 Å². The van der Waals surface area contributed by atoms with Crippen LogP contribution in [0.3, 0.4) is 0 Å². The lowest BCUT2D eigenvalue weighted by atomic mass is 10.0. The van der Waals surface area contributed by atoms with Crippen molar-refractivity contribution in [1.29, 1.82) is 0 Å². The van der Waals surface area contributed by atoms with E-state index in [2.05, 4.69) is 16.0 Å². The summed E-state index contributed by atoms with van der Waals surface area (Å²) in [6, 6.07) is -0.987. The Morgan fingerprint density at radius 2 is 1.33 bits per heavy atom. The number of carboxylic acid groups (broad SMARTS) is 2. The summed E-state index contributed by atoms with van der Waals surface area (Å²) < 4.78 is 0. The minimum absolute atomic E-state index is 0.0881. The Kier molecular flexibility index (Phi) is 11.3. The maximum atomic E-state index is 12.9. The van der Waals surface area contributed by atoms with Gasteiger partial charge in [0.05, 0.1) is 18.9 Å². The molecule has 0 aromatic heterocycles. The highest BCUT2D eigenvalue weighted by atomic mass is 16.4. The number of aliphatic hydroxyl groups excluding tert-OH is 1. The molecule has 11 N–H and O–H groups in total. The highest BCUT2D eigenvalue weighted by Gasteiger charge is 2.32. The zero-order valence-electron chi connectivity index (χ0n) is 19.2. The van der Waals surface area contributed by atoms with Crippen molar-refractivity contribution in [3.8, 4) is 5.75 Å². The van der Waals surface area contributed by atoms with E-state index < -0.39 is 78.7 Å². The maximum absolute atomic E-state index is 12.9. The van der Waals surface area contributed by atoms with Crippen molar-refractivity contribution in [3.05, 3.63) is 29.8 Å². The third-order valence-electron chi connectivity index (χ3n) is 4.86. The number of carbonyl (C=O) groups excluding carboxylic acids is 4. The first-order valence-electron chi connectivity index (χ1n) is 10.6. The van der Waals surface area contributed by atoms with E-state index in [9.17, 15) is 44.1 Å². The quantitative estimate of drug-likeness (QED) is 0.118. The number of hydrogen-bond acceptors (Lipinski definition) is 9. The first kappa shape index (κ1) is 29.8. The van der Waals surface area contributed by atoms with Gasteiger partial charge < -0.3 is 47.8 Å². The third kappa shape index (κ3) is 9.94. The van der Waals surface area contributed by atoms with Crippen molar-refractivity contribution in [1.82, 2.24) is 16.0 Å². The number of phenolic OH excluding ortho intramolecular Hbond substituents is 1. The molecule has 0 fully saturated rings. The summed E-state index contributed by atoms with van der Waals surface area (Å²) >= 11 is 0. The van der Waals surface area contributed by atoms with E-state index in [1.165, 1.54) is 31.2 Å². The van der Waals surface area contributed by atoms with Crippen LogP contribution in [0.15, 0.2) is 24.3 Å². The molecule has 0 saturated heterocycles. The molecule has 5 unspecified atom stereocenters. The Balaban J connectivity index is 3.19. The zero-order valence-corrected chi connectivity index (χ0v) is 19.2. The van der Waals surface area contributed by atoms with Gasteiger partial charge in [-0.05, 0) is 24.6 Å². The normalized spacial score (nSPS) is 14.9. The van der Waals surface area contributed by atoms with Crippen molar-refractivity contribution in [3.63, 3.8) is 0 Å². The summed E-state index contributed by atoms with van der Waals surface area (Å²) in [5, 5.41) is 43.7. The first-order chi connectivity index (χ1) is 16.7. The lowest BCUT2D eigenvalue weighted by Crippen LogP contribution is -2.59. The Morgan fingerprint density at radius 3 is 1.81 bits per heavy atom. The van der Waals surface area contributed by atoms with Crippen LogP contribution in [0.5, 0.6) is 5.75 Å². The van der Waals surface area contributed by atoms with Crippen LogP contribution in [-0.2, 0) is 35.2 Å². The summed E-state index contributed by atoms with van der Waals surface area (Å²) in [7, 11) is 0. The number of phenols is 1. The predicted molar refractivity (Wildman–Crippen MR) is 121 cm³/mol. The number of nitrogens with two attached hydrogens (primary N) is 2. The molecule has 1 rings (SSSR count). The van der Waals surface area contributed by atoms with Gasteiger partial charge in [0.15, 0.2) is 0 Å². The summed E-state index contributed by atoms with van der Waals surface area (Å²) in [5.74, 6) is -7.35. The molecule has 0 spiro atoms. The fourth-order valence-corrected chi connectivity index (χ4v) is 2.89. The molecule has 0 bridgehead atoms. The predicted octanol–water partition coefficient (Wildman–Crippen LogP) is -3.47. The van der Waals surface area contributed by atoms with Crippen LogP contribution in [0, 0.1) is 0 Å². The molecule has 15 nitrogen and oxygen atoms in total. The fourth-order valence-electron chi connectivity index (χ4n) is 2.89. The highest BCUT2D eigenvalue weighted by molar-refractivity contribution is 5.96. The first-order valence-corrected chi connectivity index (χ1v) is 10.6. The van der Waals surface area contributed by atoms with E-state index in [1.807, 2.05) is 0 Å². The molecule has 1 aromatic rings. The van der Waals surface area contributed by atoms with Gasteiger partial charge in [0.2, 0.25) is 23.6 Å². The molecule has 198 valence electrons. The maximum Gasteiger partial charge on any atom is 0.326 e. The van der Waals surface area contributed by atoms with Crippen LogP contribution in [0.2, 0.25) is 0 Å². The van der Waals surface area contributed by atoms with Gasteiger partial charge in [-0.1, -0.05) is 12.1 Å². The minimum Gasteiger partial charge on any atom is -0.508 e. The number of nitrogens with one attached hydrogen (secondary N) is 3. The lowest BCUT2D eigenvalue weighted by Gasteiger charge is -2.25. The molecule has 0 radical (unpaired) electrons. The van der Waals surface area contributed by atoms with E-state index in [0.717, 1.165) is 0 Å². The number of aromatic hydroxyl groups is 1. The topological polar surface area (TPSA) is 271 Å². The number of carbonyl (C=O) groups is 6. The molecule has 4 amide bonds. The summed E-state index contributed by atoms with van der Waals surface area (Å²) in [5.41, 5.74) is 10.9. The molecular weight excluding hydrogens is 482 g/mol. The summed E-state index contributed by atoms with van der Waals surface area (Å²) in [4.78, 5) is 71.7. The van der Waals surface area contributed by atoms with Crippen molar-refractivity contribution >= 4 is 35.6 Å². The van der Waals surface area contributed by atoms with Crippen LogP contribution in [-0.4, -0.2) is 86.3 Å². The molecule has 36 heavy (non-hydrogen) atoms. The van der Waals surface area contributed by atoms with E-state index in [-0.39, 0.29) is 12.2 Å². The third-order valence-corrected chi connectivity index (χ3v) is 4.86. The zero-order chi connectivity index (χ0) is 27.6. The molecule has 0 saturated carbocycles. The molecule has 1 aromatic carbocycles. The smallest absolute Gasteiger partial charge is 0.326 e. The standard InChI is InChI=1S/C21H29N5O10/c1-9(27)17(23)20(34)25-13(8-16(30)31)19(33)24-12(6-10-2-4-11(28)5-3-10)18(32)26-14(21(35)36)7-15(22)29/h2-5,9,12-14,17,27-28H,6-8,23H2,1H3,(H2,22,29)(H,24,33)(H,25,34)(H,26,32)(H,30,31)(H,35,36). The van der Waals surface area contributed by atoms with Gasteiger partial charge in [-0.3, -0.25) is 24.0 Å². The number of hydrogen-bond donors (Lipinski definition) is 9. The number of benzene rings is 1. The molecule has 5 atom stereocenters. The summed E-state index contributed by atoms with van der Waals surface area (Å²) in [6.45, 7) is 1.21. The van der Waals surface area contributed by atoms with Gasteiger partial charge in [0.1, 0.15) is 29.9 Å². The van der Waals surface area contributed by atoms with Crippen LogP contribution < -0.4 is 27.4 Å². The van der Waals surface area contributed by atoms with E-state index in [0.29, 0.717) is 5.56 Å². The Morgan fingerprint density at radius 1 is 0.833 bits per heavy atom. The van der Waals surface area contributed by atoms with Crippen molar-refractivity contribution in [2.75, 3.05) is 0 Å². The van der Waals surface area contributed by atoms with Crippen LogP contribution in [0.25, 0.3) is 0 Å². The number of carboxylic acids is 2. The average molecular weight is 511 g/mol. The highest BCUT2D eigenvalue weighted by Crippen LogP contribution is 2.12. The number of primary amides is 1. The van der Waals surface area contributed by atoms with Gasteiger partial charge in [-0.15, -0.1) is 0 Å². The van der Waals surface area contributed by atoms with Crippen LogP contribution >= 0.6 is 0 Å². The van der Waals surface area contributed by atoms with Crippen molar-refractivity contribution in [2.24, 2.45) is 11.5 Å². The number of aliphatic carboxylic acids is 2. The molecule has 0 aliphatic heterocycles.